The zero-order valence-electron chi connectivity index (χ0n) is 9.37. The summed E-state index contributed by atoms with van der Waals surface area (Å²) in [5.41, 5.74) is 0. The summed E-state index contributed by atoms with van der Waals surface area (Å²) in [6.07, 6.45) is 4.86. The highest BCUT2D eigenvalue weighted by molar-refractivity contribution is 7.99. The van der Waals surface area contributed by atoms with Crippen LogP contribution in [0.25, 0.3) is 0 Å². The number of rotatable bonds is 7. The molecule has 0 saturated heterocycles. The number of hydrogen-bond acceptors (Lipinski definition) is 3. The third-order valence-electron chi connectivity index (χ3n) is 2.31. The molecule has 15 heavy (non-hydrogen) atoms. The normalized spacial score (nSPS) is 10.9. The molecule has 0 atom stereocenters. The maximum absolute atomic E-state index is 5.61. The van der Waals surface area contributed by atoms with Gasteiger partial charge in [-0.25, -0.2) is 0 Å². The second-order valence-corrected chi connectivity index (χ2v) is 4.98. The molecule has 0 spiro atoms. The van der Waals surface area contributed by atoms with Crippen LogP contribution in [0.5, 0.6) is 0 Å². The first-order chi connectivity index (χ1) is 7.25. The van der Waals surface area contributed by atoms with Gasteiger partial charge in [-0.1, -0.05) is 24.6 Å². The lowest BCUT2D eigenvalue weighted by Gasteiger charge is -2.01. The molecule has 1 heterocycles. The molecule has 1 rings (SSSR count). The molecule has 0 bridgehead atoms. The Labute approximate surface area is 101 Å². The highest BCUT2D eigenvalue weighted by Crippen LogP contribution is 2.17. The second-order valence-electron chi connectivity index (χ2n) is 3.54. The summed E-state index contributed by atoms with van der Waals surface area (Å²) in [6.45, 7) is 1.97. The van der Waals surface area contributed by atoms with Crippen molar-refractivity contribution in [2.75, 3.05) is 11.6 Å². The quantitative estimate of drug-likeness (QED) is 0.422. The van der Waals surface area contributed by atoms with Crippen LogP contribution in [0.1, 0.15) is 31.5 Å². The fourth-order valence-corrected chi connectivity index (χ4v) is 2.37. The minimum absolute atomic E-state index is 0.787. The van der Waals surface area contributed by atoms with Crippen molar-refractivity contribution in [1.29, 1.82) is 0 Å². The minimum atomic E-state index is 0.787. The van der Waals surface area contributed by atoms with Gasteiger partial charge in [-0.3, -0.25) is 0 Å². The summed E-state index contributed by atoms with van der Waals surface area (Å²) < 4.78 is 2.03. The predicted octanol–water partition coefficient (Wildman–Crippen LogP) is 3.01. The molecule has 0 aromatic carbocycles. The van der Waals surface area contributed by atoms with E-state index in [1.807, 2.05) is 18.5 Å². The average molecular weight is 248 g/mol. The van der Waals surface area contributed by atoms with Crippen molar-refractivity contribution in [3.63, 3.8) is 0 Å². The summed E-state index contributed by atoms with van der Waals surface area (Å²) >= 11 is 7.39. The first-order valence-corrected chi connectivity index (χ1v) is 6.82. The molecule has 0 saturated carbocycles. The van der Waals surface area contributed by atoms with Crippen molar-refractivity contribution in [3.05, 3.63) is 5.82 Å². The number of alkyl halides is 1. The fraction of sp³-hybridized carbons (Fsp3) is 0.800. The number of hydrogen-bond donors (Lipinski definition) is 0. The maximum Gasteiger partial charge on any atom is 0.190 e. The van der Waals surface area contributed by atoms with Crippen LogP contribution in [0, 0.1) is 6.92 Å². The first-order valence-electron chi connectivity index (χ1n) is 5.30. The Morgan fingerprint density at radius 3 is 2.53 bits per heavy atom. The summed E-state index contributed by atoms with van der Waals surface area (Å²) in [5.74, 6) is 2.88. The molecule has 86 valence electrons. The average Bonchev–Trinajstić information content (AvgIpc) is 2.54. The van der Waals surface area contributed by atoms with Crippen molar-refractivity contribution >= 4 is 23.4 Å². The van der Waals surface area contributed by atoms with E-state index in [9.17, 15) is 0 Å². The summed E-state index contributed by atoms with van der Waals surface area (Å²) in [7, 11) is 2.01. The van der Waals surface area contributed by atoms with E-state index < -0.39 is 0 Å². The highest BCUT2D eigenvalue weighted by Gasteiger charge is 2.04. The Morgan fingerprint density at radius 1 is 1.20 bits per heavy atom. The van der Waals surface area contributed by atoms with Gasteiger partial charge in [-0.15, -0.1) is 21.8 Å². The van der Waals surface area contributed by atoms with Crippen molar-refractivity contribution in [3.8, 4) is 0 Å². The van der Waals surface area contributed by atoms with Crippen LogP contribution in [0.4, 0.5) is 0 Å². The number of halogens is 1. The number of thioether (sulfide) groups is 1. The van der Waals surface area contributed by atoms with Gasteiger partial charge in [-0.2, -0.15) is 0 Å². The Kier molecular flexibility index (Phi) is 6.10. The van der Waals surface area contributed by atoms with E-state index in [-0.39, 0.29) is 0 Å². The van der Waals surface area contributed by atoms with E-state index in [0.29, 0.717) is 0 Å². The van der Waals surface area contributed by atoms with Crippen LogP contribution >= 0.6 is 23.4 Å². The van der Waals surface area contributed by atoms with Crippen LogP contribution in [0.15, 0.2) is 5.16 Å². The van der Waals surface area contributed by atoms with Crippen molar-refractivity contribution in [2.45, 2.75) is 37.8 Å². The van der Waals surface area contributed by atoms with Gasteiger partial charge in [0.05, 0.1) is 0 Å². The monoisotopic (exact) mass is 247 g/mol. The van der Waals surface area contributed by atoms with Gasteiger partial charge in [0.25, 0.3) is 0 Å². The van der Waals surface area contributed by atoms with Gasteiger partial charge >= 0.3 is 0 Å². The van der Waals surface area contributed by atoms with Crippen LogP contribution < -0.4 is 0 Å². The lowest BCUT2D eigenvalue weighted by Crippen LogP contribution is -1.94. The van der Waals surface area contributed by atoms with Gasteiger partial charge in [-0.05, 0) is 19.8 Å². The molecule has 0 unspecified atom stereocenters. The Hall–Kier alpha value is -0.220. The van der Waals surface area contributed by atoms with Gasteiger partial charge in [0.15, 0.2) is 5.16 Å². The molecule has 0 aliphatic carbocycles. The lowest BCUT2D eigenvalue weighted by molar-refractivity contribution is 0.706. The minimum Gasteiger partial charge on any atom is -0.309 e. The SMILES string of the molecule is Cc1nnc(SCCCCCCCl)n1C. The molecule has 3 nitrogen and oxygen atoms in total. The van der Waals surface area contributed by atoms with Gasteiger partial charge < -0.3 is 4.57 Å². The van der Waals surface area contributed by atoms with E-state index in [1.54, 1.807) is 11.8 Å². The van der Waals surface area contributed by atoms with E-state index in [4.69, 9.17) is 11.6 Å². The lowest BCUT2D eigenvalue weighted by atomic mass is 10.2. The molecule has 0 aliphatic rings. The number of aryl methyl sites for hydroxylation is 1. The molecule has 0 fully saturated rings. The Morgan fingerprint density at radius 2 is 1.93 bits per heavy atom. The Bertz CT molecular complexity index is 288. The number of aromatic nitrogens is 3. The van der Waals surface area contributed by atoms with Crippen molar-refractivity contribution in [2.24, 2.45) is 7.05 Å². The standard InChI is InChI=1S/C10H18ClN3S/c1-9-12-13-10(14(9)2)15-8-6-4-3-5-7-11/h3-8H2,1-2H3. The maximum atomic E-state index is 5.61. The van der Waals surface area contributed by atoms with Crippen molar-refractivity contribution < 1.29 is 0 Å². The first kappa shape index (κ1) is 12.8. The molecular weight excluding hydrogens is 230 g/mol. The zero-order valence-corrected chi connectivity index (χ0v) is 10.9. The molecule has 0 N–H and O–H groups in total. The number of nitrogens with zero attached hydrogens (tertiary/aromatic N) is 3. The van der Waals surface area contributed by atoms with Crippen LogP contribution in [-0.2, 0) is 7.05 Å². The molecule has 0 amide bonds. The third kappa shape index (κ3) is 4.43. The van der Waals surface area contributed by atoms with Crippen LogP contribution in [0.2, 0.25) is 0 Å². The third-order valence-corrected chi connectivity index (χ3v) is 3.69. The molecule has 0 radical (unpaired) electrons. The zero-order chi connectivity index (χ0) is 11.1. The predicted molar refractivity (Wildman–Crippen MR) is 65.7 cm³/mol. The molecule has 1 aromatic rings. The summed E-state index contributed by atoms with van der Waals surface area (Å²) in [6, 6.07) is 0. The topological polar surface area (TPSA) is 30.7 Å². The molecular formula is C10H18ClN3S. The van der Waals surface area contributed by atoms with Gasteiger partial charge in [0.2, 0.25) is 0 Å². The molecule has 5 heteroatoms. The summed E-state index contributed by atoms with van der Waals surface area (Å²) in [4.78, 5) is 0. The molecule has 1 aromatic heterocycles. The van der Waals surface area contributed by atoms with E-state index in [0.717, 1.165) is 29.0 Å². The van der Waals surface area contributed by atoms with Gasteiger partial charge in [0.1, 0.15) is 5.82 Å². The van der Waals surface area contributed by atoms with E-state index in [2.05, 4.69) is 10.2 Å². The number of unbranched alkanes of at least 4 members (excludes halogenated alkanes) is 3. The fourth-order valence-electron chi connectivity index (χ4n) is 1.23. The van der Waals surface area contributed by atoms with Crippen molar-refractivity contribution in [1.82, 2.24) is 14.8 Å². The highest BCUT2D eigenvalue weighted by atomic mass is 35.5. The van der Waals surface area contributed by atoms with Crippen LogP contribution in [0.3, 0.4) is 0 Å². The van der Waals surface area contributed by atoms with E-state index in [1.165, 1.54) is 19.3 Å². The second kappa shape index (κ2) is 7.12. The molecule has 0 aliphatic heterocycles. The van der Waals surface area contributed by atoms with E-state index >= 15 is 0 Å². The van der Waals surface area contributed by atoms with Crippen LogP contribution in [-0.4, -0.2) is 26.4 Å². The summed E-state index contributed by atoms with van der Waals surface area (Å²) in [5, 5.41) is 9.14. The smallest absolute Gasteiger partial charge is 0.190 e. The van der Waals surface area contributed by atoms with Gasteiger partial charge in [0, 0.05) is 18.7 Å². The largest absolute Gasteiger partial charge is 0.309 e. The Balaban J connectivity index is 2.12.